The third-order valence-electron chi connectivity index (χ3n) is 2.77. The number of carbonyl (C=O) groups excluding carboxylic acids is 1. The number of benzene rings is 2. The van der Waals surface area contributed by atoms with Gasteiger partial charge in [-0.2, -0.15) is 5.26 Å². The van der Waals surface area contributed by atoms with Crippen LogP contribution >= 0.6 is 0 Å². The largest absolute Gasteiger partial charge is 0.297 e. The van der Waals surface area contributed by atoms with Gasteiger partial charge in [0.05, 0.1) is 0 Å². The molecule has 0 atom stereocenters. The zero-order valence-corrected chi connectivity index (χ0v) is 10.3. The number of halogens is 2. The fourth-order valence-corrected chi connectivity index (χ4v) is 1.85. The van der Waals surface area contributed by atoms with E-state index in [9.17, 15) is 13.6 Å². The van der Waals surface area contributed by atoms with Crippen LogP contribution in [0.4, 0.5) is 8.78 Å². The van der Waals surface area contributed by atoms with Crippen molar-refractivity contribution < 1.29 is 13.6 Å². The van der Waals surface area contributed by atoms with Crippen LogP contribution in [-0.4, -0.2) is 6.29 Å². The topological polar surface area (TPSA) is 40.9 Å². The number of hydrogen-bond acceptors (Lipinski definition) is 2. The SMILES string of the molecule is N#CC(C=O)=C(c1ccc(F)cc1)c1ccc(F)cc1. The summed E-state index contributed by atoms with van der Waals surface area (Å²) in [6, 6.07) is 12.6. The van der Waals surface area contributed by atoms with Gasteiger partial charge in [0, 0.05) is 5.57 Å². The van der Waals surface area contributed by atoms with Crippen LogP contribution in [0.25, 0.3) is 5.57 Å². The van der Waals surface area contributed by atoms with Gasteiger partial charge >= 0.3 is 0 Å². The molecule has 0 fully saturated rings. The third-order valence-corrected chi connectivity index (χ3v) is 2.77. The van der Waals surface area contributed by atoms with Crippen molar-refractivity contribution in [3.63, 3.8) is 0 Å². The zero-order chi connectivity index (χ0) is 14.5. The molecule has 0 heterocycles. The quantitative estimate of drug-likeness (QED) is 0.486. The maximum absolute atomic E-state index is 13.0. The Kier molecular flexibility index (Phi) is 4.02. The first-order valence-electron chi connectivity index (χ1n) is 5.77. The number of allylic oxidation sites excluding steroid dienone is 1. The van der Waals surface area contributed by atoms with Crippen LogP contribution in [0.3, 0.4) is 0 Å². The van der Waals surface area contributed by atoms with Crippen LogP contribution in [0, 0.1) is 23.0 Å². The monoisotopic (exact) mass is 269 g/mol. The summed E-state index contributed by atoms with van der Waals surface area (Å²) in [6.07, 6.45) is 0.433. The van der Waals surface area contributed by atoms with Gasteiger partial charge in [-0.15, -0.1) is 0 Å². The first-order chi connectivity index (χ1) is 9.65. The van der Waals surface area contributed by atoms with Crippen molar-refractivity contribution in [2.24, 2.45) is 0 Å². The first kappa shape index (κ1) is 13.6. The summed E-state index contributed by atoms with van der Waals surface area (Å²) in [5.41, 5.74) is 1.29. The minimum absolute atomic E-state index is 0.0942. The highest BCUT2D eigenvalue weighted by Gasteiger charge is 2.12. The predicted octanol–water partition coefficient (Wildman–Crippen LogP) is 3.49. The number of hydrogen-bond donors (Lipinski definition) is 0. The molecule has 0 saturated carbocycles. The summed E-state index contributed by atoms with van der Waals surface area (Å²) in [7, 11) is 0. The van der Waals surface area contributed by atoms with E-state index in [-0.39, 0.29) is 5.57 Å². The van der Waals surface area contributed by atoms with Gasteiger partial charge in [0.2, 0.25) is 0 Å². The highest BCUT2D eigenvalue weighted by atomic mass is 19.1. The van der Waals surface area contributed by atoms with Crippen molar-refractivity contribution in [3.8, 4) is 6.07 Å². The molecule has 0 bridgehead atoms. The number of rotatable bonds is 3. The van der Waals surface area contributed by atoms with Gasteiger partial charge in [-0.25, -0.2) is 8.78 Å². The lowest BCUT2D eigenvalue weighted by molar-refractivity contribution is -0.104. The van der Waals surface area contributed by atoms with E-state index in [2.05, 4.69) is 0 Å². The summed E-state index contributed by atoms with van der Waals surface area (Å²) >= 11 is 0. The maximum atomic E-state index is 13.0. The van der Waals surface area contributed by atoms with E-state index >= 15 is 0 Å². The molecule has 0 amide bonds. The normalized spacial score (nSPS) is 9.65. The standard InChI is InChI=1S/C16H9F2NO/c17-14-5-1-11(2-6-14)16(13(9-19)10-20)12-3-7-15(18)8-4-12/h1-8,10H. The Labute approximate surface area is 114 Å². The highest BCUT2D eigenvalue weighted by Crippen LogP contribution is 2.26. The van der Waals surface area contributed by atoms with Crippen LogP contribution < -0.4 is 0 Å². The second kappa shape index (κ2) is 5.89. The lowest BCUT2D eigenvalue weighted by atomic mass is 9.94. The number of nitrogens with zero attached hydrogens (tertiary/aromatic N) is 1. The number of carbonyl (C=O) groups is 1. The van der Waals surface area contributed by atoms with Gasteiger partial charge in [-0.3, -0.25) is 4.79 Å². The van der Waals surface area contributed by atoms with E-state index in [1.165, 1.54) is 48.5 Å². The molecule has 20 heavy (non-hydrogen) atoms. The maximum Gasteiger partial charge on any atom is 0.161 e. The van der Waals surface area contributed by atoms with Gasteiger partial charge in [-0.05, 0) is 35.4 Å². The summed E-state index contributed by atoms with van der Waals surface area (Å²) in [5, 5.41) is 9.04. The lowest BCUT2D eigenvalue weighted by Gasteiger charge is -2.09. The van der Waals surface area contributed by atoms with Crippen molar-refractivity contribution in [3.05, 3.63) is 76.9 Å². The van der Waals surface area contributed by atoms with Gasteiger partial charge in [0.1, 0.15) is 23.3 Å². The van der Waals surface area contributed by atoms with Gasteiger partial charge < -0.3 is 0 Å². The van der Waals surface area contributed by atoms with Crippen molar-refractivity contribution in [1.29, 1.82) is 5.26 Å². The average Bonchev–Trinajstić information content (AvgIpc) is 2.47. The zero-order valence-electron chi connectivity index (χ0n) is 10.3. The molecule has 2 rings (SSSR count). The Morgan fingerprint density at radius 1 is 0.900 bits per heavy atom. The molecule has 0 aromatic heterocycles. The molecule has 0 aliphatic carbocycles. The molecule has 0 spiro atoms. The Balaban J connectivity index is 2.66. The van der Waals surface area contributed by atoms with Crippen molar-refractivity contribution in [2.75, 3.05) is 0 Å². The van der Waals surface area contributed by atoms with Gasteiger partial charge in [0.25, 0.3) is 0 Å². The molecule has 0 unspecified atom stereocenters. The minimum Gasteiger partial charge on any atom is -0.297 e. The Morgan fingerprint density at radius 3 is 1.60 bits per heavy atom. The van der Waals surface area contributed by atoms with Crippen LogP contribution in [0.2, 0.25) is 0 Å². The number of aldehydes is 1. The van der Waals surface area contributed by atoms with E-state index in [0.29, 0.717) is 23.0 Å². The molecule has 4 heteroatoms. The van der Waals surface area contributed by atoms with Crippen LogP contribution in [0.5, 0.6) is 0 Å². The second-order valence-corrected chi connectivity index (χ2v) is 4.03. The molecular formula is C16H9F2NO. The lowest BCUT2D eigenvalue weighted by Crippen LogP contribution is -1.95. The van der Waals surface area contributed by atoms with Crippen LogP contribution in [0.15, 0.2) is 54.1 Å². The van der Waals surface area contributed by atoms with E-state index < -0.39 is 11.6 Å². The van der Waals surface area contributed by atoms with Crippen molar-refractivity contribution in [2.45, 2.75) is 0 Å². The van der Waals surface area contributed by atoms with E-state index in [4.69, 9.17) is 5.26 Å². The number of nitriles is 1. The average molecular weight is 269 g/mol. The van der Waals surface area contributed by atoms with E-state index in [1.807, 2.05) is 0 Å². The predicted molar refractivity (Wildman–Crippen MR) is 70.5 cm³/mol. The van der Waals surface area contributed by atoms with Crippen molar-refractivity contribution >= 4 is 11.9 Å². The molecular weight excluding hydrogens is 260 g/mol. The summed E-state index contributed by atoms with van der Waals surface area (Å²) < 4.78 is 25.9. The smallest absolute Gasteiger partial charge is 0.161 e. The molecule has 2 aromatic rings. The Hall–Kier alpha value is -2.80. The van der Waals surface area contributed by atoms with Crippen molar-refractivity contribution in [1.82, 2.24) is 0 Å². The van der Waals surface area contributed by atoms with Gasteiger partial charge in [0.15, 0.2) is 6.29 Å². The fraction of sp³-hybridized carbons (Fsp3) is 0. The Bertz CT molecular complexity index is 647. The van der Waals surface area contributed by atoms with E-state index in [0.717, 1.165) is 0 Å². The third kappa shape index (κ3) is 2.78. The van der Waals surface area contributed by atoms with Gasteiger partial charge in [-0.1, -0.05) is 24.3 Å². The molecule has 2 nitrogen and oxygen atoms in total. The molecule has 0 aliphatic rings. The molecule has 0 radical (unpaired) electrons. The summed E-state index contributed by atoms with van der Waals surface area (Å²) in [4.78, 5) is 11.0. The highest BCUT2D eigenvalue weighted by molar-refractivity contribution is 5.98. The molecule has 2 aromatic carbocycles. The van der Waals surface area contributed by atoms with Crippen LogP contribution in [-0.2, 0) is 4.79 Å². The minimum atomic E-state index is -0.420. The fourth-order valence-electron chi connectivity index (χ4n) is 1.85. The molecule has 0 aliphatic heterocycles. The summed E-state index contributed by atoms with van der Waals surface area (Å²) in [6.45, 7) is 0. The molecule has 0 N–H and O–H groups in total. The Morgan fingerprint density at radius 2 is 1.30 bits per heavy atom. The summed E-state index contributed by atoms with van der Waals surface area (Å²) in [5.74, 6) is -0.839. The molecule has 98 valence electrons. The van der Waals surface area contributed by atoms with E-state index in [1.54, 1.807) is 6.07 Å². The molecule has 0 saturated heterocycles. The second-order valence-electron chi connectivity index (χ2n) is 4.03. The first-order valence-corrected chi connectivity index (χ1v) is 5.77. The van der Waals surface area contributed by atoms with Crippen LogP contribution in [0.1, 0.15) is 11.1 Å².